The van der Waals surface area contributed by atoms with Gasteiger partial charge >= 0.3 is 12.1 Å². The summed E-state index contributed by atoms with van der Waals surface area (Å²) < 4.78 is 42.9. The molecule has 0 saturated carbocycles. The lowest BCUT2D eigenvalue weighted by Gasteiger charge is -2.09. The Labute approximate surface area is 121 Å². The van der Waals surface area contributed by atoms with Gasteiger partial charge in [0.15, 0.2) is 0 Å². The maximum atomic E-state index is 12.8. The van der Waals surface area contributed by atoms with Crippen molar-refractivity contribution in [2.24, 2.45) is 0 Å². The number of carbonyl (C=O) groups is 1. The number of methoxy groups -OCH3 is 1. The summed E-state index contributed by atoms with van der Waals surface area (Å²) in [6.45, 7) is 1.64. The number of rotatable bonds is 2. The Morgan fingerprint density at radius 2 is 2.00 bits per heavy atom. The molecule has 0 saturated heterocycles. The minimum Gasteiger partial charge on any atom is -0.465 e. The maximum absolute atomic E-state index is 12.8. The van der Waals surface area contributed by atoms with Gasteiger partial charge in [-0.25, -0.2) is 4.79 Å². The van der Waals surface area contributed by atoms with Crippen molar-refractivity contribution in [2.75, 3.05) is 7.11 Å². The summed E-state index contributed by atoms with van der Waals surface area (Å²) in [5.41, 5.74) is -1.19. The molecule has 21 heavy (non-hydrogen) atoms. The van der Waals surface area contributed by atoms with Gasteiger partial charge in [0, 0.05) is 11.6 Å². The van der Waals surface area contributed by atoms with E-state index < -0.39 is 23.3 Å². The number of hydrogen-bond acceptors (Lipinski definition) is 4. The van der Waals surface area contributed by atoms with Gasteiger partial charge in [-0.05, 0) is 23.9 Å². The van der Waals surface area contributed by atoms with Crippen LogP contribution in [0.3, 0.4) is 0 Å². The Kier molecular flexibility index (Phi) is 3.91. The van der Waals surface area contributed by atoms with Crippen LogP contribution >= 0.6 is 11.3 Å². The Morgan fingerprint density at radius 1 is 1.33 bits per heavy atom. The van der Waals surface area contributed by atoms with Crippen molar-refractivity contribution >= 4 is 17.3 Å². The van der Waals surface area contributed by atoms with Gasteiger partial charge in [0.25, 0.3) is 0 Å². The van der Waals surface area contributed by atoms with Gasteiger partial charge in [0.05, 0.1) is 18.4 Å². The first-order chi connectivity index (χ1) is 9.74. The molecule has 0 aromatic carbocycles. The van der Waals surface area contributed by atoms with Crippen molar-refractivity contribution in [1.29, 1.82) is 0 Å². The van der Waals surface area contributed by atoms with E-state index in [0.717, 1.165) is 17.4 Å². The van der Waals surface area contributed by atoms with E-state index in [1.807, 2.05) is 0 Å². The first-order valence-corrected chi connectivity index (χ1v) is 6.60. The quantitative estimate of drug-likeness (QED) is 0.865. The molecule has 0 atom stereocenters. The van der Waals surface area contributed by atoms with Gasteiger partial charge in [-0.3, -0.25) is 4.79 Å². The number of thiophene rings is 1. The van der Waals surface area contributed by atoms with E-state index in [0.29, 0.717) is 11.6 Å². The van der Waals surface area contributed by atoms with Gasteiger partial charge in [0.1, 0.15) is 4.88 Å². The summed E-state index contributed by atoms with van der Waals surface area (Å²) in [4.78, 5) is 25.6. The van der Waals surface area contributed by atoms with E-state index in [-0.39, 0.29) is 16.1 Å². The van der Waals surface area contributed by atoms with E-state index >= 15 is 0 Å². The van der Waals surface area contributed by atoms with Crippen LogP contribution in [0.15, 0.2) is 22.3 Å². The number of pyridine rings is 1. The SMILES string of the molecule is COC(=O)c1scc(C)c1-c1cc(C(F)(F)F)cc(=O)[nH]1. The smallest absolute Gasteiger partial charge is 0.416 e. The first-order valence-electron chi connectivity index (χ1n) is 5.72. The Morgan fingerprint density at radius 3 is 2.57 bits per heavy atom. The van der Waals surface area contributed by atoms with Crippen molar-refractivity contribution in [1.82, 2.24) is 4.98 Å². The van der Waals surface area contributed by atoms with Crippen LogP contribution in [-0.2, 0) is 10.9 Å². The maximum Gasteiger partial charge on any atom is 0.416 e. The zero-order chi connectivity index (χ0) is 15.8. The molecule has 0 unspecified atom stereocenters. The molecular formula is C13H10F3NO3S. The Bertz CT molecular complexity index is 746. The van der Waals surface area contributed by atoms with Crippen LogP contribution in [0.25, 0.3) is 11.3 Å². The van der Waals surface area contributed by atoms with Gasteiger partial charge in [-0.2, -0.15) is 13.2 Å². The highest BCUT2D eigenvalue weighted by Gasteiger charge is 2.32. The lowest BCUT2D eigenvalue weighted by Crippen LogP contribution is -2.14. The molecule has 0 aliphatic carbocycles. The number of aromatic nitrogens is 1. The van der Waals surface area contributed by atoms with Crippen molar-refractivity contribution < 1.29 is 22.7 Å². The normalized spacial score (nSPS) is 11.5. The van der Waals surface area contributed by atoms with Gasteiger partial charge < -0.3 is 9.72 Å². The molecule has 2 heterocycles. The summed E-state index contributed by atoms with van der Waals surface area (Å²) in [6.07, 6.45) is -4.64. The van der Waals surface area contributed by atoms with Gasteiger partial charge in [0.2, 0.25) is 5.56 Å². The summed E-state index contributed by atoms with van der Waals surface area (Å²) in [5, 5.41) is 1.61. The molecule has 2 aromatic heterocycles. The number of esters is 1. The Balaban J connectivity index is 2.68. The fourth-order valence-electron chi connectivity index (χ4n) is 1.86. The average molecular weight is 317 g/mol. The predicted molar refractivity (Wildman–Crippen MR) is 71.5 cm³/mol. The molecule has 1 N–H and O–H groups in total. The lowest BCUT2D eigenvalue weighted by atomic mass is 10.1. The number of H-pyrrole nitrogens is 1. The third kappa shape index (κ3) is 2.99. The third-order valence-electron chi connectivity index (χ3n) is 2.79. The standard InChI is InChI=1S/C13H10F3NO3S/c1-6-5-21-11(12(19)20-2)10(6)8-3-7(13(14,15)16)4-9(18)17-8/h3-5H,1-2H3,(H,17,18). The number of aryl methyl sites for hydroxylation is 1. The zero-order valence-corrected chi connectivity index (χ0v) is 11.8. The summed E-state index contributed by atoms with van der Waals surface area (Å²) >= 11 is 1.05. The summed E-state index contributed by atoms with van der Waals surface area (Å²) in [7, 11) is 1.18. The molecule has 2 rings (SSSR count). The largest absolute Gasteiger partial charge is 0.465 e. The van der Waals surface area contributed by atoms with Gasteiger partial charge in [-0.1, -0.05) is 0 Å². The second-order valence-electron chi connectivity index (χ2n) is 4.26. The Hall–Kier alpha value is -2.09. The van der Waals surface area contributed by atoms with Crippen LogP contribution in [-0.4, -0.2) is 18.1 Å². The van der Waals surface area contributed by atoms with Crippen molar-refractivity contribution in [3.8, 4) is 11.3 Å². The minimum atomic E-state index is -4.64. The molecule has 4 nitrogen and oxygen atoms in total. The predicted octanol–water partition coefficient (Wildman–Crippen LogP) is 3.22. The molecular weight excluding hydrogens is 307 g/mol. The highest BCUT2D eigenvalue weighted by Crippen LogP contribution is 2.35. The second-order valence-corrected chi connectivity index (χ2v) is 5.14. The molecule has 0 spiro atoms. The van der Waals surface area contributed by atoms with Crippen LogP contribution in [0.1, 0.15) is 20.8 Å². The van der Waals surface area contributed by atoms with Crippen LogP contribution < -0.4 is 5.56 Å². The number of nitrogens with one attached hydrogen (secondary N) is 1. The number of alkyl halides is 3. The molecule has 0 fully saturated rings. The zero-order valence-electron chi connectivity index (χ0n) is 11.0. The highest BCUT2D eigenvalue weighted by molar-refractivity contribution is 7.12. The molecule has 0 aliphatic rings. The second kappa shape index (κ2) is 5.36. The molecule has 0 aliphatic heterocycles. The number of hydrogen-bond donors (Lipinski definition) is 1. The van der Waals surface area contributed by atoms with Crippen molar-refractivity contribution in [3.05, 3.63) is 43.9 Å². The number of aromatic amines is 1. The monoisotopic (exact) mass is 317 g/mol. The lowest BCUT2D eigenvalue weighted by molar-refractivity contribution is -0.137. The fourth-order valence-corrected chi connectivity index (χ4v) is 2.84. The van der Waals surface area contributed by atoms with Crippen LogP contribution in [0.2, 0.25) is 0 Å². The molecule has 8 heteroatoms. The molecule has 2 aromatic rings. The van der Waals surface area contributed by atoms with Crippen molar-refractivity contribution in [3.63, 3.8) is 0 Å². The van der Waals surface area contributed by atoms with Crippen LogP contribution in [0.4, 0.5) is 13.2 Å². The number of halogens is 3. The van der Waals surface area contributed by atoms with Crippen molar-refractivity contribution in [2.45, 2.75) is 13.1 Å². The van der Waals surface area contributed by atoms with Gasteiger partial charge in [-0.15, -0.1) is 11.3 Å². The molecule has 0 bridgehead atoms. The molecule has 0 radical (unpaired) electrons. The molecule has 112 valence electrons. The van der Waals surface area contributed by atoms with E-state index in [2.05, 4.69) is 9.72 Å². The van der Waals surface area contributed by atoms with E-state index in [1.165, 1.54) is 7.11 Å². The highest BCUT2D eigenvalue weighted by atomic mass is 32.1. The fraction of sp³-hybridized carbons (Fsp3) is 0.231. The third-order valence-corrected chi connectivity index (χ3v) is 3.86. The van der Waals surface area contributed by atoms with E-state index in [1.54, 1.807) is 12.3 Å². The van der Waals surface area contributed by atoms with Crippen LogP contribution in [0, 0.1) is 6.92 Å². The average Bonchev–Trinajstić information content (AvgIpc) is 2.78. The summed E-state index contributed by atoms with van der Waals surface area (Å²) in [6, 6.07) is 1.28. The van der Waals surface area contributed by atoms with E-state index in [9.17, 15) is 22.8 Å². The topological polar surface area (TPSA) is 59.2 Å². The summed E-state index contributed by atoms with van der Waals surface area (Å²) in [5.74, 6) is -0.665. The number of ether oxygens (including phenoxy) is 1. The molecule has 0 amide bonds. The first kappa shape index (κ1) is 15.3. The minimum absolute atomic E-state index is 0.0611. The van der Waals surface area contributed by atoms with Crippen LogP contribution in [0.5, 0.6) is 0 Å². The van der Waals surface area contributed by atoms with E-state index in [4.69, 9.17) is 0 Å². The number of carbonyl (C=O) groups excluding carboxylic acids is 1.